The Morgan fingerprint density at radius 2 is 2.24 bits per heavy atom. The molecule has 0 aliphatic rings. The van der Waals surface area contributed by atoms with Crippen molar-refractivity contribution in [2.24, 2.45) is 7.05 Å². The van der Waals surface area contributed by atoms with Gasteiger partial charge in [0.05, 0.1) is 15.9 Å². The van der Waals surface area contributed by atoms with E-state index in [2.05, 4.69) is 20.4 Å². The molecule has 3 heterocycles. The lowest BCUT2D eigenvalue weighted by Gasteiger charge is -2.04. The number of carbonyl (C=O) groups excluding carboxylic acids is 1. The summed E-state index contributed by atoms with van der Waals surface area (Å²) in [6, 6.07) is 1.76. The molecular weight excluding hydrogens is 300 g/mol. The van der Waals surface area contributed by atoms with Gasteiger partial charge in [-0.15, -0.1) is 11.3 Å². The first-order valence-electron chi connectivity index (χ1n) is 5.87. The Morgan fingerprint density at radius 1 is 1.43 bits per heavy atom. The quantitative estimate of drug-likeness (QED) is 0.807. The summed E-state index contributed by atoms with van der Waals surface area (Å²) in [5.41, 5.74) is 0.294. The summed E-state index contributed by atoms with van der Waals surface area (Å²) in [5, 5.41) is 7.84. The first-order valence-corrected chi connectivity index (χ1v) is 6.75. The van der Waals surface area contributed by atoms with E-state index in [-0.39, 0.29) is 11.4 Å². The number of nitrogens with one attached hydrogen (secondary N) is 1. The molecule has 0 saturated carbocycles. The lowest BCUT2D eigenvalue weighted by Crippen LogP contribution is -2.14. The van der Waals surface area contributed by atoms with Gasteiger partial charge in [-0.05, 0) is 11.4 Å². The fraction of sp³-hybridized carbons (Fsp3) is 0.167. The van der Waals surface area contributed by atoms with E-state index in [1.165, 1.54) is 35.6 Å². The number of hydrogen-bond donors (Lipinski definition) is 1. The molecule has 0 aliphatic heterocycles. The molecule has 0 aromatic carbocycles. The van der Waals surface area contributed by atoms with E-state index >= 15 is 0 Å². The second kappa shape index (κ2) is 5.17. The van der Waals surface area contributed by atoms with E-state index in [0.29, 0.717) is 10.2 Å². The molecule has 108 valence electrons. The average Bonchev–Trinajstić information content (AvgIpc) is 3.04. The zero-order valence-electron chi connectivity index (χ0n) is 10.7. The molecule has 0 saturated heterocycles. The Labute approximate surface area is 121 Å². The topological polar surface area (TPSA) is 72.7 Å². The Balaban J connectivity index is 1.95. The van der Waals surface area contributed by atoms with Crippen LogP contribution in [0.1, 0.15) is 22.6 Å². The van der Waals surface area contributed by atoms with E-state index in [0.717, 1.165) is 0 Å². The van der Waals surface area contributed by atoms with E-state index in [9.17, 15) is 13.6 Å². The van der Waals surface area contributed by atoms with Gasteiger partial charge in [-0.25, -0.2) is 18.7 Å². The summed E-state index contributed by atoms with van der Waals surface area (Å²) in [6.45, 7) is 0. The van der Waals surface area contributed by atoms with Crippen LogP contribution in [0.15, 0.2) is 24.0 Å². The van der Waals surface area contributed by atoms with Crippen molar-refractivity contribution in [3.8, 4) is 0 Å². The zero-order valence-corrected chi connectivity index (χ0v) is 11.6. The van der Waals surface area contributed by atoms with Crippen LogP contribution >= 0.6 is 11.3 Å². The second-order valence-electron chi connectivity index (χ2n) is 4.21. The number of amides is 1. The molecule has 0 bridgehead atoms. The third kappa shape index (κ3) is 2.47. The number of fused-ring (bicyclic) bond motifs is 1. The number of thiophene rings is 1. The Morgan fingerprint density at radius 3 is 3.00 bits per heavy atom. The molecule has 0 radical (unpaired) electrons. The highest BCUT2D eigenvalue weighted by molar-refractivity contribution is 7.17. The molecule has 9 heteroatoms. The van der Waals surface area contributed by atoms with Gasteiger partial charge >= 0.3 is 0 Å². The molecular formula is C12H9F2N5OS. The van der Waals surface area contributed by atoms with Crippen LogP contribution in [0.4, 0.5) is 14.5 Å². The number of nitrogens with zero attached hydrogens (tertiary/aromatic N) is 4. The molecule has 0 atom stereocenters. The van der Waals surface area contributed by atoms with Crippen LogP contribution in [0.3, 0.4) is 0 Å². The van der Waals surface area contributed by atoms with Gasteiger partial charge in [-0.1, -0.05) is 0 Å². The summed E-state index contributed by atoms with van der Waals surface area (Å²) in [5.74, 6) is -0.570. The Kier molecular flexibility index (Phi) is 3.34. The lowest BCUT2D eigenvalue weighted by molar-refractivity contribution is 0.102. The van der Waals surface area contributed by atoms with Gasteiger partial charge in [-0.2, -0.15) is 5.10 Å². The Hall–Kier alpha value is -2.42. The van der Waals surface area contributed by atoms with Crippen molar-refractivity contribution in [1.29, 1.82) is 0 Å². The molecule has 0 unspecified atom stereocenters. The van der Waals surface area contributed by atoms with Gasteiger partial charge in [0.15, 0.2) is 5.69 Å². The van der Waals surface area contributed by atoms with Crippen molar-refractivity contribution in [3.05, 3.63) is 35.4 Å². The minimum Gasteiger partial charge on any atom is -0.317 e. The monoisotopic (exact) mass is 309 g/mol. The van der Waals surface area contributed by atoms with Gasteiger partial charge in [0.25, 0.3) is 12.3 Å². The van der Waals surface area contributed by atoms with Crippen LogP contribution in [0, 0.1) is 0 Å². The summed E-state index contributed by atoms with van der Waals surface area (Å²) in [7, 11) is 1.50. The molecule has 1 amide bonds. The number of anilines is 1. The summed E-state index contributed by atoms with van der Waals surface area (Å²) in [6.07, 6.45) is -0.179. The molecule has 3 aromatic heterocycles. The van der Waals surface area contributed by atoms with Crippen LogP contribution in [-0.4, -0.2) is 25.7 Å². The van der Waals surface area contributed by atoms with Crippen LogP contribution < -0.4 is 5.32 Å². The lowest BCUT2D eigenvalue weighted by atomic mass is 10.3. The van der Waals surface area contributed by atoms with Crippen molar-refractivity contribution < 1.29 is 13.6 Å². The van der Waals surface area contributed by atoms with E-state index in [1.807, 2.05) is 0 Å². The maximum atomic E-state index is 12.8. The SMILES string of the molecule is Cn1cc(NC(=O)c2ncnc3ccsc23)c(C(F)F)n1. The minimum atomic E-state index is -2.77. The molecule has 0 fully saturated rings. The summed E-state index contributed by atoms with van der Waals surface area (Å²) >= 11 is 1.31. The highest BCUT2D eigenvalue weighted by Crippen LogP contribution is 2.27. The van der Waals surface area contributed by atoms with Gasteiger partial charge in [-0.3, -0.25) is 9.48 Å². The number of aromatic nitrogens is 4. The maximum absolute atomic E-state index is 12.8. The second-order valence-corrected chi connectivity index (χ2v) is 5.13. The number of halogens is 2. The molecule has 6 nitrogen and oxygen atoms in total. The van der Waals surface area contributed by atoms with Crippen LogP contribution in [0.5, 0.6) is 0 Å². The highest BCUT2D eigenvalue weighted by Gasteiger charge is 2.21. The fourth-order valence-electron chi connectivity index (χ4n) is 1.90. The molecule has 21 heavy (non-hydrogen) atoms. The van der Waals surface area contributed by atoms with Gasteiger partial charge in [0.2, 0.25) is 0 Å². The largest absolute Gasteiger partial charge is 0.317 e. The first-order chi connectivity index (χ1) is 10.1. The van der Waals surface area contributed by atoms with Crippen LogP contribution in [-0.2, 0) is 7.05 Å². The normalized spacial score (nSPS) is 11.2. The van der Waals surface area contributed by atoms with E-state index in [4.69, 9.17) is 0 Å². The predicted molar refractivity (Wildman–Crippen MR) is 73.5 cm³/mol. The molecule has 0 spiro atoms. The number of rotatable bonds is 3. The van der Waals surface area contributed by atoms with Crippen LogP contribution in [0.2, 0.25) is 0 Å². The number of hydrogen-bond acceptors (Lipinski definition) is 5. The molecule has 1 N–H and O–H groups in total. The smallest absolute Gasteiger partial charge is 0.284 e. The third-order valence-corrected chi connectivity index (χ3v) is 3.68. The predicted octanol–water partition coefficient (Wildman–Crippen LogP) is 2.61. The van der Waals surface area contributed by atoms with Crippen molar-refractivity contribution in [3.63, 3.8) is 0 Å². The highest BCUT2D eigenvalue weighted by atomic mass is 32.1. The van der Waals surface area contributed by atoms with Gasteiger partial charge < -0.3 is 5.32 Å². The van der Waals surface area contributed by atoms with Crippen molar-refractivity contribution in [2.75, 3.05) is 5.32 Å². The summed E-state index contributed by atoms with van der Waals surface area (Å²) in [4.78, 5) is 20.2. The Bertz CT molecular complexity index is 813. The number of aryl methyl sites for hydroxylation is 1. The van der Waals surface area contributed by atoms with Crippen molar-refractivity contribution >= 4 is 33.1 Å². The maximum Gasteiger partial charge on any atom is 0.284 e. The fourth-order valence-corrected chi connectivity index (χ4v) is 2.73. The molecule has 3 rings (SSSR count). The average molecular weight is 309 g/mol. The standard InChI is InChI=1S/C12H9F2N5OS/c1-19-4-7(8(18-19)11(13)14)17-12(20)9-10-6(2-3-21-10)15-5-16-9/h2-5,11H,1H3,(H,17,20). The zero-order chi connectivity index (χ0) is 15.0. The number of alkyl halides is 2. The number of carbonyl (C=O) groups is 1. The van der Waals surface area contributed by atoms with Crippen molar-refractivity contribution in [1.82, 2.24) is 19.7 Å². The van der Waals surface area contributed by atoms with Crippen LogP contribution in [0.25, 0.3) is 10.2 Å². The van der Waals surface area contributed by atoms with E-state index < -0.39 is 18.0 Å². The van der Waals surface area contributed by atoms with Crippen molar-refractivity contribution in [2.45, 2.75) is 6.43 Å². The molecule has 0 aliphatic carbocycles. The van der Waals surface area contributed by atoms with Gasteiger partial charge in [0.1, 0.15) is 12.0 Å². The van der Waals surface area contributed by atoms with Gasteiger partial charge in [0, 0.05) is 13.2 Å². The summed E-state index contributed by atoms with van der Waals surface area (Å²) < 4.78 is 27.5. The minimum absolute atomic E-state index is 0.0270. The third-order valence-electron chi connectivity index (χ3n) is 2.77. The van der Waals surface area contributed by atoms with E-state index in [1.54, 1.807) is 11.4 Å². The first kappa shape index (κ1) is 13.6. The molecule has 3 aromatic rings.